The average molecular weight is 964 g/mol. The van der Waals surface area contributed by atoms with Gasteiger partial charge in [-0.15, -0.1) is 0 Å². The number of hydrogen-bond donors (Lipinski definition) is 0. The number of rotatable bonds is 8. The van der Waals surface area contributed by atoms with Crippen LogP contribution < -0.4 is 0 Å². The molecular weight excluding hydrogens is 920 g/mol. The van der Waals surface area contributed by atoms with Crippen molar-refractivity contribution >= 4 is 43.6 Å². The lowest BCUT2D eigenvalue weighted by Crippen LogP contribution is -2.08. The van der Waals surface area contributed by atoms with Crippen LogP contribution in [0.4, 0.5) is 13.2 Å². The van der Waals surface area contributed by atoms with Crippen LogP contribution in [0, 0.1) is 13.8 Å². The normalized spacial score (nSPS) is 11.9. The molecule has 0 N–H and O–H groups in total. The maximum Gasteiger partial charge on any atom is 0.416 e. The van der Waals surface area contributed by atoms with Gasteiger partial charge in [-0.1, -0.05) is 158 Å². The monoisotopic (exact) mass is 963 g/mol. The summed E-state index contributed by atoms with van der Waals surface area (Å²) >= 11 is 0. The van der Waals surface area contributed by atoms with Crippen molar-refractivity contribution < 1.29 is 13.2 Å². The summed E-state index contributed by atoms with van der Waals surface area (Å²) in [6, 6.07) is 75.4. The molecule has 10 aromatic carbocycles. The van der Waals surface area contributed by atoms with E-state index in [1.165, 1.54) is 17.7 Å². The lowest BCUT2D eigenvalue weighted by atomic mass is 9.94. The summed E-state index contributed by atoms with van der Waals surface area (Å²) in [6.07, 6.45) is -4.66. The van der Waals surface area contributed by atoms with E-state index < -0.39 is 11.7 Å². The first-order valence-electron chi connectivity index (χ1n) is 24.6. The van der Waals surface area contributed by atoms with Crippen molar-refractivity contribution in [3.05, 3.63) is 247 Å². The molecular formula is C66H44F3N5. The number of nitrogens with zero attached hydrogens (tertiary/aromatic N) is 5. The zero-order valence-electron chi connectivity index (χ0n) is 40.3. The van der Waals surface area contributed by atoms with E-state index in [9.17, 15) is 0 Å². The fourth-order valence-corrected chi connectivity index (χ4v) is 10.8. The Bertz CT molecular complexity index is 4270. The molecule has 0 fully saturated rings. The predicted octanol–water partition coefficient (Wildman–Crippen LogP) is 17.7. The van der Waals surface area contributed by atoms with Gasteiger partial charge in [-0.3, -0.25) is 0 Å². The van der Waals surface area contributed by atoms with Gasteiger partial charge in [0.1, 0.15) is 0 Å². The van der Waals surface area contributed by atoms with Gasteiger partial charge < -0.3 is 9.13 Å². The highest BCUT2D eigenvalue weighted by atomic mass is 19.4. The first kappa shape index (κ1) is 44.5. The molecule has 0 aliphatic rings. The molecule has 3 aromatic heterocycles. The summed E-state index contributed by atoms with van der Waals surface area (Å²) in [4.78, 5) is 15.3. The molecule has 0 amide bonds. The van der Waals surface area contributed by atoms with E-state index in [1.807, 2.05) is 127 Å². The topological polar surface area (TPSA) is 48.5 Å². The third-order valence-corrected chi connectivity index (χ3v) is 14.3. The molecule has 13 rings (SSSR count). The minimum atomic E-state index is -4.66. The Balaban J connectivity index is 1.12. The minimum absolute atomic E-state index is 0.317. The molecule has 0 atom stereocenters. The van der Waals surface area contributed by atoms with Crippen LogP contribution in [0.1, 0.15) is 16.7 Å². The minimum Gasteiger partial charge on any atom is -0.309 e. The molecule has 3 heterocycles. The van der Waals surface area contributed by atoms with E-state index in [4.69, 9.17) is 15.0 Å². The van der Waals surface area contributed by atoms with Gasteiger partial charge in [0.2, 0.25) is 0 Å². The molecule has 0 radical (unpaired) electrons. The van der Waals surface area contributed by atoms with Gasteiger partial charge in [0, 0.05) is 49.5 Å². The van der Waals surface area contributed by atoms with Gasteiger partial charge in [0.25, 0.3) is 0 Å². The number of hydrogen-bond acceptors (Lipinski definition) is 3. The second-order valence-electron chi connectivity index (χ2n) is 18.8. The van der Waals surface area contributed by atoms with Crippen molar-refractivity contribution in [2.75, 3.05) is 0 Å². The van der Waals surface area contributed by atoms with Crippen LogP contribution in [0.15, 0.2) is 231 Å². The number of aryl methyl sites for hydroxylation is 2. The highest BCUT2D eigenvalue weighted by molar-refractivity contribution is 6.12. The number of halogens is 3. The van der Waals surface area contributed by atoms with Crippen LogP contribution in [0.25, 0.3) is 123 Å². The van der Waals surface area contributed by atoms with E-state index in [1.54, 1.807) is 6.07 Å². The molecule has 0 saturated carbocycles. The van der Waals surface area contributed by atoms with Crippen LogP contribution >= 0.6 is 0 Å². The SMILES string of the molecule is Cc1ccccc1-c1ccc2c(c1)c1ccccc1n2-c1ccc(-c2nc(-c3ccccc3)nc(-c3ccccc3)n2)c(-c2cc(C(F)(F)F)ccc2-n2c3ccccc3c3cc(-c4ccccc4C)ccc32)c1. The van der Waals surface area contributed by atoms with Crippen LogP contribution in [0.3, 0.4) is 0 Å². The van der Waals surface area contributed by atoms with Gasteiger partial charge in [-0.2, -0.15) is 13.2 Å². The van der Waals surface area contributed by atoms with Crippen LogP contribution in [0.5, 0.6) is 0 Å². The van der Waals surface area contributed by atoms with Gasteiger partial charge in [0.15, 0.2) is 17.5 Å². The van der Waals surface area contributed by atoms with Crippen LogP contribution in [-0.2, 0) is 6.18 Å². The third-order valence-electron chi connectivity index (χ3n) is 14.3. The maximum atomic E-state index is 15.4. The molecule has 0 aliphatic carbocycles. The Morgan fingerprint density at radius 3 is 1.35 bits per heavy atom. The molecule has 0 saturated heterocycles. The molecule has 0 aliphatic heterocycles. The zero-order valence-corrected chi connectivity index (χ0v) is 40.3. The van der Waals surface area contributed by atoms with E-state index in [0.717, 1.165) is 88.2 Å². The van der Waals surface area contributed by atoms with Crippen LogP contribution in [0.2, 0.25) is 0 Å². The van der Waals surface area contributed by atoms with Gasteiger partial charge in [0.05, 0.1) is 33.3 Å². The summed E-state index contributed by atoms with van der Waals surface area (Å²) in [5.74, 6) is 1.19. The predicted molar refractivity (Wildman–Crippen MR) is 296 cm³/mol. The zero-order chi connectivity index (χ0) is 50.1. The Morgan fingerprint density at radius 1 is 0.324 bits per heavy atom. The first-order chi connectivity index (χ1) is 36.2. The summed E-state index contributed by atoms with van der Waals surface area (Å²) < 4.78 is 50.5. The molecule has 0 unspecified atom stereocenters. The quantitative estimate of drug-likeness (QED) is 0.152. The lowest BCUT2D eigenvalue weighted by molar-refractivity contribution is -0.137. The highest BCUT2D eigenvalue weighted by Crippen LogP contribution is 2.45. The second-order valence-corrected chi connectivity index (χ2v) is 18.8. The van der Waals surface area contributed by atoms with Crippen molar-refractivity contribution in [3.63, 3.8) is 0 Å². The number of aromatic nitrogens is 5. The molecule has 13 aromatic rings. The molecule has 0 bridgehead atoms. The standard InChI is InChI=1S/C66H44F3N5/c1-41-17-9-11-23-49(41)45-29-34-60-55(37-45)51-25-13-15-27-58(51)73(60)48-32-33-53(65-71-63(43-19-5-3-6-20-43)70-64(72-65)44-21-7-4-8-22-44)54(40-48)57-39-47(66(67,68)69)31-36-62(57)74-59-28-16-14-26-52(59)56-38-46(30-35-61(56)74)50-24-12-10-18-42(50)2/h3-40H,1-2H3. The molecule has 5 nitrogen and oxygen atoms in total. The van der Waals surface area contributed by atoms with E-state index in [0.29, 0.717) is 39.9 Å². The number of benzene rings is 10. The lowest BCUT2D eigenvalue weighted by Gasteiger charge is -2.20. The van der Waals surface area contributed by atoms with Crippen LogP contribution in [-0.4, -0.2) is 24.1 Å². The second kappa shape index (κ2) is 17.7. The number of alkyl halides is 3. The summed E-state index contributed by atoms with van der Waals surface area (Å²) in [5, 5.41) is 4.07. The van der Waals surface area contributed by atoms with Gasteiger partial charge in [-0.05, 0) is 126 Å². The summed E-state index contributed by atoms with van der Waals surface area (Å²) in [5.41, 5.74) is 13.8. The first-order valence-corrected chi connectivity index (χ1v) is 24.6. The third kappa shape index (κ3) is 7.62. The van der Waals surface area contributed by atoms with Crippen molar-refractivity contribution in [2.24, 2.45) is 0 Å². The van der Waals surface area contributed by atoms with Crippen molar-refractivity contribution in [1.29, 1.82) is 0 Å². The van der Waals surface area contributed by atoms with Gasteiger partial charge in [-0.25, -0.2) is 15.0 Å². The Labute approximate surface area is 425 Å². The van der Waals surface area contributed by atoms with E-state index in [-0.39, 0.29) is 0 Å². The number of fused-ring (bicyclic) bond motifs is 6. The highest BCUT2D eigenvalue weighted by Gasteiger charge is 2.33. The fourth-order valence-electron chi connectivity index (χ4n) is 10.8. The molecule has 0 spiro atoms. The smallest absolute Gasteiger partial charge is 0.309 e. The molecule has 8 heteroatoms. The van der Waals surface area contributed by atoms with Crippen molar-refractivity contribution in [3.8, 4) is 78.9 Å². The Morgan fingerprint density at radius 2 is 0.797 bits per heavy atom. The summed E-state index contributed by atoms with van der Waals surface area (Å²) in [7, 11) is 0. The van der Waals surface area contributed by atoms with Crippen molar-refractivity contribution in [1.82, 2.24) is 24.1 Å². The summed E-state index contributed by atoms with van der Waals surface area (Å²) in [6.45, 7) is 4.22. The Kier molecular flexibility index (Phi) is 10.7. The fraction of sp³-hybridized carbons (Fsp3) is 0.0455. The molecule has 354 valence electrons. The van der Waals surface area contributed by atoms with E-state index >= 15 is 13.2 Å². The molecule has 74 heavy (non-hydrogen) atoms. The number of para-hydroxylation sites is 2. The Hall–Kier alpha value is -9.40. The average Bonchev–Trinajstić information content (AvgIpc) is 3.96. The maximum absolute atomic E-state index is 15.4. The van der Waals surface area contributed by atoms with Crippen molar-refractivity contribution in [2.45, 2.75) is 20.0 Å². The van der Waals surface area contributed by atoms with E-state index in [2.05, 4.69) is 108 Å². The van der Waals surface area contributed by atoms with Gasteiger partial charge >= 0.3 is 6.18 Å². The largest absolute Gasteiger partial charge is 0.416 e.